The summed E-state index contributed by atoms with van der Waals surface area (Å²) in [7, 11) is -3.24. The number of carbonyl (C=O) groups is 1. The normalized spacial score (nSPS) is 20.5. The van der Waals surface area contributed by atoms with Crippen LogP contribution in [-0.4, -0.2) is 96.1 Å². The summed E-state index contributed by atoms with van der Waals surface area (Å²) in [6, 6.07) is 3.96. The average molecular weight is 694 g/mol. The number of aromatic nitrogens is 2. The van der Waals surface area contributed by atoms with Crippen LogP contribution >= 0.6 is 0 Å². The van der Waals surface area contributed by atoms with Crippen molar-refractivity contribution in [1.82, 2.24) is 23.7 Å². The van der Waals surface area contributed by atoms with Crippen LogP contribution in [0.4, 0.5) is 22.0 Å². The maximum atomic E-state index is 14.2. The standard InChI is InChI=1S/C29H43F2N5O3S.C2HF3O2/c1-40(38,39)35-14-4-23(5-15-35)28(24-18-25(30)20-26(31)19-24)8-13-33-11-6-27(7-12-33)36-17-16-34(29(36)37)21-22-2-9-32-10-3-22;3-2(4,5)1(6)7/h16-20,22-23,27-28,32H,2-15,21H2,1H3;(H,6,7)/t28-;/m1./s1. The molecule has 0 unspecified atom stereocenters. The Labute approximate surface area is 271 Å². The van der Waals surface area contributed by atoms with Gasteiger partial charge >= 0.3 is 17.8 Å². The third-order valence-corrected chi connectivity index (χ3v) is 10.9. The number of rotatable bonds is 9. The van der Waals surface area contributed by atoms with Gasteiger partial charge in [0.25, 0.3) is 0 Å². The number of aliphatic carboxylic acids is 1. The zero-order valence-electron chi connectivity index (χ0n) is 26.5. The van der Waals surface area contributed by atoms with Crippen LogP contribution < -0.4 is 11.0 Å². The lowest BCUT2D eigenvalue weighted by Crippen LogP contribution is -2.41. The molecule has 264 valence electrons. The van der Waals surface area contributed by atoms with E-state index in [1.54, 1.807) is 0 Å². The Morgan fingerprint density at radius 2 is 1.53 bits per heavy atom. The molecule has 0 amide bonds. The molecule has 2 N–H and O–H groups in total. The maximum Gasteiger partial charge on any atom is 0.490 e. The summed E-state index contributed by atoms with van der Waals surface area (Å²) in [6.07, 6.45) is 6.14. The first kappa shape index (κ1) is 37.0. The van der Waals surface area contributed by atoms with Crippen molar-refractivity contribution in [3.8, 4) is 0 Å². The van der Waals surface area contributed by atoms with Crippen LogP contribution in [0.25, 0.3) is 0 Å². The lowest BCUT2D eigenvalue weighted by atomic mass is 9.78. The minimum Gasteiger partial charge on any atom is -0.475 e. The Kier molecular flexibility index (Phi) is 12.6. The number of hydrogen-bond acceptors (Lipinski definition) is 6. The summed E-state index contributed by atoms with van der Waals surface area (Å²) < 4.78 is 89.3. The lowest BCUT2D eigenvalue weighted by Gasteiger charge is -2.37. The molecule has 47 heavy (non-hydrogen) atoms. The number of likely N-dealkylation sites (tertiary alicyclic amines) is 1. The van der Waals surface area contributed by atoms with E-state index >= 15 is 0 Å². The van der Waals surface area contributed by atoms with E-state index in [1.807, 2.05) is 21.5 Å². The fourth-order valence-corrected chi connectivity index (χ4v) is 7.88. The number of nitrogens with zero attached hydrogens (tertiary/aromatic N) is 4. The van der Waals surface area contributed by atoms with Crippen molar-refractivity contribution >= 4 is 16.0 Å². The summed E-state index contributed by atoms with van der Waals surface area (Å²) in [5.74, 6) is -3.24. The van der Waals surface area contributed by atoms with Gasteiger partial charge in [-0.2, -0.15) is 13.2 Å². The van der Waals surface area contributed by atoms with E-state index in [-0.39, 0.29) is 23.6 Å². The quantitative estimate of drug-likeness (QED) is 0.381. The van der Waals surface area contributed by atoms with Gasteiger partial charge in [-0.15, -0.1) is 0 Å². The first-order valence-corrected chi connectivity index (χ1v) is 17.9. The fourth-order valence-electron chi connectivity index (χ4n) is 7.00. The van der Waals surface area contributed by atoms with E-state index in [2.05, 4.69) is 10.2 Å². The van der Waals surface area contributed by atoms with Crippen LogP contribution in [0, 0.1) is 23.5 Å². The van der Waals surface area contributed by atoms with Gasteiger partial charge < -0.3 is 15.3 Å². The molecule has 3 fully saturated rings. The van der Waals surface area contributed by atoms with Gasteiger partial charge in [-0.25, -0.2) is 31.1 Å². The maximum absolute atomic E-state index is 14.2. The average Bonchev–Trinajstić information content (AvgIpc) is 3.36. The van der Waals surface area contributed by atoms with Crippen molar-refractivity contribution in [2.45, 2.75) is 69.6 Å². The Morgan fingerprint density at radius 1 is 0.957 bits per heavy atom. The summed E-state index contributed by atoms with van der Waals surface area (Å²) >= 11 is 0. The molecule has 0 bridgehead atoms. The molecule has 1 atom stereocenters. The second-order valence-electron chi connectivity index (χ2n) is 12.8. The number of benzene rings is 1. The highest BCUT2D eigenvalue weighted by molar-refractivity contribution is 7.88. The summed E-state index contributed by atoms with van der Waals surface area (Å²) in [5, 5.41) is 10.5. The molecule has 0 spiro atoms. The smallest absolute Gasteiger partial charge is 0.475 e. The van der Waals surface area contributed by atoms with Crippen LogP contribution in [0.15, 0.2) is 35.4 Å². The van der Waals surface area contributed by atoms with Gasteiger partial charge in [-0.05, 0) is 100 Å². The molecule has 1 aromatic heterocycles. The number of carboxylic acids is 1. The van der Waals surface area contributed by atoms with Gasteiger partial charge in [0.2, 0.25) is 10.0 Å². The molecule has 2 aromatic rings. The molecule has 5 rings (SSSR count). The molecule has 3 aliphatic rings. The molecule has 4 heterocycles. The third-order valence-electron chi connectivity index (χ3n) is 9.59. The van der Waals surface area contributed by atoms with E-state index in [0.29, 0.717) is 37.4 Å². The van der Waals surface area contributed by atoms with Crippen molar-refractivity contribution in [2.24, 2.45) is 11.8 Å². The summed E-state index contributed by atoms with van der Waals surface area (Å²) in [6.45, 7) is 6.25. The molecule has 0 radical (unpaired) electrons. The largest absolute Gasteiger partial charge is 0.490 e. The monoisotopic (exact) mass is 693 g/mol. The molecule has 3 aliphatic heterocycles. The van der Waals surface area contributed by atoms with Crippen LogP contribution in [0.2, 0.25) is 0 Å². The first-order valence-electron chi connectivity index (χ1n) is 16.0. The zero-order chi connectivity index (χ0) is 34.4. The van der Waals surface area contributed by atoms with Gasteiger partial charge in [0.05, 0.1) is 6.26 Å². The first-order chi connectivity index (χ1) is 22.1. The number of imidazole rings is 1. The predicted molar refractivity (Wildman–Crippen MR) is 166 cm³/mol. The van der Waals surface area contributed by atoms with Crippen molar-refractivity contribution in [3.05, 3.63) is 58.3 Å². The minimum atomic E-state index is -5.08. The topological polar surface area (TPSA) is 117 Å². The van der Waals surface area contributed by atoms with Crippen LogP contribution in [0.5, 0.6) is 0 Å². The molecule has 16 heteroatoms. The Balaban J connectivity index is 0.000000644. The fraction of sp³-hybridized carbons (Fsp3) is 0.677. The number of piperidine rings is 3. The highest BCUT2D eigenvalue weighted by Crippen LogP contribution is 2.37. The van der Waals surface area contributed by atoms with E-state index in [0.717, 1.165) is 77.4 Å². The number of sulfonamides is 1. The van der Waals surface area contributed by atoms with E-state index in [1.165, 1.54) is 22.7 Å². The van der Waals surface area contributed by atoms with Crippen molar-refractivity contribution in [3.63, 3.8) is 0 Å². The second-order valence-corrected chi connectivity index (χ2v) is 14.8. The van der Waals surface area contributed by atoms with Gasteiger partial charge in [-0.3, -0.25) is 9.13 Å². The van der Waals surface area contributed by atoms with Crippen molar-refractivity contribution < 1.29 is 40.3 Å². The number of hydrogen-bond donors (Lipinski definition) is 2. The Hall–Kier alpha value is -2.82. The number of halogens is 5. The third kappa shape index (κ3) is 10.6. The van der Waals surface area contributed by atoms with E-state index < -0.39 is 33.8 Å². The van der Waals surface area contributed by atoms with Crippen LogP contribution in [0.3, 0.4) is 0 Å². The minimum absolute atomic E-state index is 0.0451. The highest BCUT2D eigenvalue weighted by Gasteiger charge is 2.38. The van der Waals surface area contributed by atoms with Crippen LogP contribution in [-0.2, 0) is 21.4 Å². The summed E-state index contributed by atoms with van der Waals surface area (Å²) in [4.78, 5) is 24.4. The lowest BCUT2D eigenvalue weighted by molar-refractivity contribution is -0.192. The molecular weight excluding hydrogens is 649 g/mol. The van der Waals surface area contributed by atoms with Gasteiger partial charge in [0, 0.05) is 57.2 Å². The van der Waals surface area contributed by atoms with Gasteiger partial charge in [0.15, 0.2) is 0 Å². The molecular formula is C31H44F5N5O5S. The molecule has 1 aromatic carbocycles. The Bertz CT molecular complexity index is 1470. The predicted octanol–water partition coefficient (Wildman–Crippen LogP) is 4.04. The second kappa shape index (κ2) is 16.1. The Morgan fingerprint density at radius 3 is 2.06 bits per heavy atom. The zero-order valence-corrected chi connectivity index (χ0v) is 27.3. The number of nitrogens with one attached hydrogen (secondary N) is 1. The summed E-state index contributed by atoms with van der Waals surface area (Å²) in [5.41, 5.74) is 0.748. The van der Waals surface area contributed by atoms with Gasteiger partial charge in [0.1, 0.15) is 11.6 Å². The highest BCUT2D eigenvalue weighted by atomic mass is 32.2. The molecule has 10 nitrogen and oxygen atoms in total. The molecule has 0 aliphatic carbocycles. The van der Waals surface area contributed by atoms with Gasteiger partial charge in [-0.1, -0.05) is 0 Å². The molecule has 0 saturated carbocycles. The van der Waals surface area contributed by atoms with E-state index in [4.69, 9.17) is 9.90 Å². The molecule has 3 saturated heterocycles. The van der Waals surface area contributed by atoms with E-state index in [9.17, 15) is 35.2 Å². The SMILES string of the molecule is CS(=O)(=O)N1CCC([C@@H](CCN2CCC(n3ccn(CC4CCNCC4)c3=O)CC2)c2cc(F)cc(F)c2)CC1.O=C(O)C(F)(F)F. The van der Waals surface area contributed by atoms with Crippen LogP contribution in [0.1, 0.15) is 62.5 Å². The van der Waals surface area contributed by atoms with Crippen molar-refractivity contribution in [1.29, 1.82) is 0 Å². The number of alkyl halides is 3. The number of carboxylic acid groups (broad SMARTS) is 1. The van der Waals surface area contributed by atoms with Crippen molar-refractivity contribution in [2.75, 3.05) is 52.1 Å².